The predicted octanol–water partition coefficient (Wildman–Crippen LogP) is 11.1. The number of carbonyl (C=O) groups is 1. The molecule has 0 N–H and O–H groups in total. The summed E-state index contributed by atoms with van der Waals surface area (Å²) in [4.78, 5) is 14.5. The summed E-state index contributed by atoms with van der Waals surface area (Å²) in [5, 5.41) is 0.176. The van der Waals surface area contributed by atoms with E-state index in [-0.39, 0.29) is 41.5 Å². The van der Waals surface area contributed by atoms with Crippen molar-refractivity contribution < 1.29 is 18.7 Å². The molecule has 0 heterocycles. The Morgan fingerprint density at radius 2 is 1.63 bits per heavy atom. The van der Waals surface area contributed by atoms with Crippen LogP contribution in [-0.4, -0.2) is 59.1 Å². The molecular weight excluding hydrogens is 655 g/mol. The van der Waals surface area contributed by atoms with E-state index in [4.69, 9.17) is 13.9 Å². The van der Waals surface area contributed by atoms with Gasteiger partial charge in [-0.2, -0.15) is 0 Å². The molecule has 0 aromatic rings. The first-order valence-electron chi connectivity index (χ1n) is 17.4. The maximum absolute atomic E-state index is 14.5. The van der Waals surface area contributed by atoms with Gasteiger partial charge in [-0.3, -0.25) is 0 Å². The molecule has 4 atom stereocenters. The molecule has 0 saturated carbocycles. The van der Waals surface area contributed by atoms with E-state index in [1.807, 2.05) is 0 Å². The average molecular weight is 726 g/mol. The molecule has 1 aliphatic rings. The fourth-order valence-electron chi connectivity index (χ4n) is 6.63. The van der Waals surface area contributed by atoms with E-state index in [1.165, 1.54) is 57.4 Å². The van der Waals surface area contributed by atoms with Crippen LogP contribution in [0.5, 0.6) is 0 Å². The summed E-state index contributed by atoms with van der Waals surface area (Å²) in [7, 11) is -0.217. The minimum absolute atomic E-state index is 0.0522. The number of hydrogen-bond acceptors (Lipinski definition) is 4. The molecule has 4 nitrogen and oxygen atoms in total. The zero-order valence-electron chi connectivity index (χ0n) is 30.5. The first-order valence-corrected chi connectivity index (χ1v) is 27.8. The van der Waals surface area contributed by atoms with Gasteiger partial charge < -0.3 is 0 Å². The van der Waals surface area contributed by atoms with Crippen LogP contribution in [0.1, 0.15) is 114 Å². The van der Waals surface area contributed by atoms with Crippen molar-refractivity contribution in [3.05, 3.63) is 33.5 Å². The normalized spacial score (nSPS) is 21.1. The predicted molar refractivity (Wildman–Crippen MR) is 192 cm³/mol. The Kier molecular flexibility index (Phi) is 18.5. The van der Waals surface area contributed by atoms with E-state index >= 15 is 0 Å². The van der Waals surface area contributed by atoms with Crippen LogP contribution >= 0.6 is 0 Å². The number of hydrogen-bond donors (Lipinski definition) is 0. The Labute approximate surface area is 272 Å². The van der Waals surface area contributed by atoms with Crippen LogP contribution in [-0.2, 0) is 18.7 Å². The minimum atomic E-state index is -2.87. The van der Waals surface area contributed by atoms with Gasteiger partial charge in [-0.25, -0.2) is 0 Å². The van der Waals surface area contributed by atoms with Gasteiger partial charge >= 0.3 is 274 Å². The molecular formula is C37H70O4SiSn. The van der Waals surface area contributed by atoms with Crippen LogP contribution < -0.4 is 0 Å². The molecule has 1 aliphatic carbocycles. The zero-order valence-corrected chi connectivity index (χ0v) is 34.4. The number of ketones is 1. The molecule has 0 fully saturated rings. The maximum atomic E-state index is 14.5. The molecule has 0 unspecified atom stereocenters. The van der Waals surface area contributed by atoms with Gasteiger partial charge in [-0.1, -0.05) is 0 Å². The summed E-state index contributed by atoms with van der Waals surface area (Å²) in [5.74, 6) is 0.398. The van der Waals surface area contributed by atoms with Crippen LogP contribution in [0, 0.1) is 17.8 Å². The van der Waals surface area contributed by atoms with Gasteiger partial charge in [0.15, 0.2) is 0 Å². The van der Waals surface area contributed by atoms with E-state index < -0.39 is 26.7 Å². The second kappa shape index (κ2) is 19.4. The Hall–Kier alpha value is -0.214. The van der Waals surface area contributed by atoms with Gasteiger partial charge in [0.1, 0.15) is 0 Å². The molecule has 0 bridgehead atoms. The summed E-state index contributed by atoms with van der Waals surface area (Å²) in [6.07, 6.45) is 13.6. The zero-order chi connectivity index (χ0) is 32.8. The SMILES string of the molecule is C=C(C)[C@@H]1CC(C)=C[C@@H](OCOC)[C@H]1[C@@H](C)C(=O)/C=[C](\CCO[Si](C)(C)C(C)(C)C)[Sn]([CH2]CCC)([CH2]CCC)[CH2]CCC. The Morgan fingerprint density at radius 3 is 2.07 bits per heavy atom. The first kappa shape index (κ1) is 40.8. The summed E-state index contributed by atoms with van der Waals surface area (Å²) >= 11 is -2.87. The first-order chi connectivity index (χ1) is 20.1. The standard InChI is InChI=1S/C25H43O4Si.3C4H9.Sn/c1-18(2)21-15-19(3)16-23(28-17-27-8)24(21)20(4)22(26)13-11-12-14-29-30(9,10)25(5,6)7;3*1-3-4-2;/h13,16,20-21,23-24H,1,12,14-15,17H2,2-10H3;3*1,3-4H2,2H3;/t20-,21-,23+,24-;;;;/m0..../s1. The second-order valence-electron chi connectivity index (χ2n) is 15.1. The van der Waals surface area contributed by atoms with Crippen molar-refractivity contribution >= 4 is 32.5 Å². The van der Waals surface area contributed by atoms with Crippen molar-refractivity contribution in [3.63, 3.8) is 0 Å². The van der Waals surface area contributed by atoms with Crippen molar-refractivity contribution in [2.45, 2.75) is 151 Å². The fourth-order valence-corrected chi connectivity index (χ4v) is 24.5. The summed E-state index contributed by atoms with van der Waals surface area (Å²) in [6, 6.07) is 0. The van der Waals surface area contributed by atoms with Crippen LogP contribution in [0.2, 0.25) is 31.4 Å². The number of methoxy groups -OCH3 is 1. The molecule has 0 radical (unpaired) electrons. The molecule has 6 heteroatoms. The molecule has 0 amide bonds. The van der Waals surface area contributed by atoms with Crippen LogP contribution in [0.3, 0.4) is 0 Å². The van der Waals surface area contributed by atoms with Crippen molar-refractivity contribution in [1.29, 1.82) is 0 Å². The Bertz CT molecular complexity index is 894. The number of ether oxygens (including phenoxy) is 2. The van der Waals surface area contributed by atoms with Crippen molar-refractivity contribution in [2.24, 2.45) is 17.8 Å². The topological polar surface area (TPSA) is 44.8 Å². The average Bonchev–Trinajstić information content (AvgIpc) is 2.93. The molecule has 0 saturated heterocycles. The third kappa shape index (κ3) is 12.5. The van der Waals surface area contributed by atoms with Crippen LogP contribution in [0.15, 0.2) is 33.5 Å². The van der Waals surface area contributed by atoms with E-state index in [0.717, 1.165) is 25.0 Å². The second-order valence-corrected chi connectivity index (χ2v) is 33.3. The van der Waals surface area contributed by atoms with E-state index in [0.29, 0.717) is 0 Å². The third-order valence-electron chi connectivity index (χ3n) is 10.5. The van der Waals surface area contributed by atoms with Gasteiger partial charge in [0.05, 0.1) is 0 Å². The number of rotatable bonds is 21. The summed E-state index contributed by atoms with van der Waals surface area (Å²) in [5.41, 5.74) is 2.44. The summed E-state index contributed by atoms with van der Waals surface area (Å²) in [6.45, 7) is 30.4. The third-order valence-corrected chi connectivity index (χ3v) is 31.3. The number of allylic oxidation sites excluding steroid dienone is 3. The Balaban J connectivity index is 3.64. The molecule has 0 aromatic carbocycles. The van der Waals surface area contributed by atoms with Crippen LogP contribution in [0.4, 0.5) is 0 Å². The molecule has 1 rings (SSSR count). The number of carbonyl (C=O) groups excluding carboxylic acids is 1. The molecule has 0 aromatic heterocycles. The quantitative estimate of drug-likeness (QED) is 0.0512. The fraction of sp³-hybridized carbons (Fsp3) is 0.811. The summed E-state index contributed by atoms with van der Waals surface area (Å²) < 4.78 is 23.9. The van der Waals surface area contributed by atoms with Crippen molar-refractivity contribution in [1.82, 2.24) is 0 Å². The van der Waals surface area contributed by atoms with Gasteiger partial charge in [0.25, 0.3) is 0 Å². The van der Waals surface area contributed by atoms with Gasteiger partial charge in [0, 0.05) is 0 Å². The van der Waals surface area contributed by atoms with Gasteiger partial charge in [0.2, 0.25) is 0 Å². The molecule has 43 heavy (non-hydrogen) atoms. The van der Waals surface area contributed by atoms with E-state index in [1.54, 1.807) is 10.7 Å². The molecule has 250 valence electrons. The van der Waals surface area contributed by atoms with Gasteiger partial charge in [-0.15, -0.1) is 0 Å². The van der Waals surface area contributed by atoms with Crippen molar-refractivity contribution in [3.8, 4) is 0 Å². The number of unbranched alkanes of at least 4 members (excludes halogenated alkanes) is 3. The van der Waals surface area contributed by atoms with E-state index in [2.05, 4.69) is 94.1 Å². The van der Waals surface area contributed by atoms with Crippen molar-refractivity contribution in [2.75, 3.05) is 20.5 Å². The monoisotopic (exact) mass is 726 g/mol. The Morgan fingerprint density at radius 1 is 1.09 bits per heavy atom. The van der Waals surface area contributed by atoms with Gasteiger partial charge in [-0.05, 0) is 0 Å². The van der Waals surface area contributed by atoms with Crippen LogP contribution in [0.25, 0.3) is 0 Å². The molecule has 0 aliphatic heterocycles. The van der Waals surface area contributed by atoms with E-state index in [9.17, 15) is 4.79 Å². The molecule has 0 spiro atoms.